The van der Waals surface area contributed by atoms with E-state index in [1.54, 1.807) is 0 Å². The predicted molar refractivity (Wildman–Crippen MR) is 71.3 cm³/mol. The summed E-state index contributed by atoms with van der Waals surface area (Å²) in [4.78, 5) is 35.1. The van der Waals surface area contributed by atoms with E-state index in [4.69, 9.17) is 0 Å². The first-order valence-electron chi connectivity index (χ1n) is 6.60. The van der Waals surface area contributed by atoms with E-state index < -0.39 is 0 Å². The molecule has 0 spiro atoms. The lowest BCUT2D eigenvalue weighted by Gasteiger charge is -2.13. The highest BCUT2D eigenvalue weighted by Crippen LogP contribution is 2.02. The molecule has 1 rings (SSSR count). The molecule has 0 aromatic heterocycles. The molecule has 0 saturated carbocycles. The van der Waals surface area contributed by atoms with Crippen LogP contribution in [0.15, 0.2) is 12.2 Å². The van der Waals surface area contributed by atoms with Gasteiger partial charge in [-0.2, -0.15) is 0 Å². The normalized spacial score (nSPS) is 14.3. The van der Waals surface area contributed by atoms with Gasteiger partial charge in [-0.15, -0.1) is 0 Å². The van der Waals surface area contributed by atoms with Crippen LogP contribution >= 0.6 is 0 Å². The number of nitrogens with zero attached hydrogens (tertiary/aromatic N) is 1. The number of carbonyl (C=O) groups excluding carboxylic acids is 3. The monoisotopic (exact) mass is 267 g/mol. The largest absolute Gasteiger partial charge is 0.354 e. The lowest BCUT2D eigenvalue weighted by Crippen LogP contribution is -2.38. The lowest BCUT2D eigenvalue weighted by molar-refractivity contribution is -0.137. The van der Waals surface area contributed by atoms with Crippen LogP contribution in [0.4, 0.5) is 0 Å². The molecule has 19 heavy (non-hydrogen) atoms. The first-order valence-corrected chi connectivity index (χ1v) is 6.60. The number of amides is 3. The summed E-state index contributed by atoms with van der Waals surface area (Å²) in [7, 11) is 1.91. The summed E-state index contributed by atoms with van der Waals surface area (Å²) in [6.07, 6.45) is 5.91. The molecule has 0 fully saturated rings. The maximum absolute atomic E-state index is 11.5. The summed E-state index contributed by atoms with van der Waals surface area (Å²) in [6, 6.07) is 0. The molecule has 1 heterocycles. The van der Waals surface area contributed by atoms with E-state index in [1.807, 2.05) is 7.05 Å². The Hall–Kier alpha value is -1.69. The van der Waals surface area contributed by atoms with Crippen LogP contribution in [-0.4, -0.2) is 49.3 Å². The first-order chi connectivity index (χ1) is 9.15. The molecule has 6 nitrogen and oxygen atoms in total. The third-order valence-corrected chi connectivity index (χ3v) is 2.89. The predicted octanol–water partition coefficient (Wildman–Crippen LogP) is -0.193. The Kier molecular flexibility index (Phi) is 6.81. The molecule has 0 unspecified atom stereocenters. The van der Waals surface area contributed by atoms with Gasteiger partial charge in [0.15, 0.2) is 0 Å². The van der Waals surface area contributed by atoms with Crippen LogP contribution in [0.25, 0.3) is 0 Å². The van der Waals surface area contributed by atoms with Crippen molar-refractivity contribution in [3.05, 3.63) is 12.2 Å². The molecule has 1 aliphatic heterocycles. The van der Waals surface area contributed by atoms with Crippen molar-refractivity contribution in [1.82, 2.24) is 15.5 Å². The van der Waals surface area contributed by atoms with Crippen molar-refractivity contribution in [2.24, 2.45) is 0 Å². The van der Waals surface area contributed by atoms with Crippen molar-refractivity contribution in [2.45, 2.75) is 25.7 Å². The summed E-state index contributed by atoms with van der Waals surface area (Å²) in [5.74, 6) is -0.658. The van der Waals surface area contributed by atoms with Crippen LogP contribution in [0.1, 0.15) is 25.7 Å². The third-order valence-electron chi connectivity index (χ3n) is 2.89. The maximum Gasteiger partial charge on any atom is 0.253 e. The highest BCUT2D eigenvalue weighted by molar-refractivity contribution is 6.12. The van der Waals surface area contributed by atoms with Gasteiger partial charge in [-0.1, -0.05) is 6.42 Å². The van der Waals surface area contributed by atoms with E-state index in [2.05, 4.69) is 10.6 Å². The molecule has 0 aromatic carbocycles. The number of imide groups is 1. The molecule has 0 aromatic rings. The Bertz CT molecular complexity index is 348. The minimum Gasteiger partial charge on any atom is -0.354 e. The fourth-order valence-electron chi connectivity index (χ4n) is 1.81. The van der Waals surface area contributed by atoms with E-state index in [-0.39, 0.29) is 24.3 Å². The van der Waals surface area contributed by atoms with Gasteiger partial charge in [0.2, 0.25) is 5.91 Å². The Morgan fingerprint density at radius 3 is 2.42 bits per heavy atom. The standard InChI is InChI=1S/C13H21N3O3/c1-14-8-4-2-3-5-11(17)15-9-10-16-12(18)6-7-13(16)19/h6-7,14H,2-5,8-10H2,1H3,(H,15,17). The molecule has 0 bridgehead atoms. The van der Waals surface area contributed by atoms with Crippen LogP contribution in [0.3, 0.4) is 0 Å². The summed E-state index contributed by atoms with van der Waals surface area (Å²) < 4.78 is 0. The Labute approximate surface area is 113 Å². The third kappa shape index (κ3) is 5.65. The van der Waals surface area contributed by atoms with Gasteiger partial charge in [-0.3, -0.25) is 19.3 Å². The van der Waals surface area contributed by atoms with Crippen LogP contribution in [0.5, 0.6) is 0 Å². The van der Waals surface area contributed by atoms with Gasteiger partial charge in [0.25, 0.3) is 11.8 Å². The van der Waals surface area contributed by atoms with Gasteiger partial charge >= 0.3 is 0 Å². The molecular weight excluding hydrogens is 246 g/mol. The highest BCUT2D eigenvalue weighted by atomic mass is 16.2. The molecule has 0 aliphatic carbocycles. The van der Waals surface area contributed by atoms with E-state index in [1.165, 1.54) is 12.2 Å². The van der Waals surface area contributed by atoms with E-state index >= 15 is 0 Å². The minimum absolute atomic E-state index is 0.0310. The van der Waals surface area contributed by atoms with Gasteiger partial charge < -0.3 is 10.6 Å². The maximum atomic E-state index is 11.5. The zero-order chi connectivity index (χ0) is 14.1. The van der Waals surface area contributed by atoms with Crippen molar-refractivity contribution in [1.29, 1.82) is 0 Å². The number of hydrogen-bond acceptors (Lipinski definition) is 4. The van der Waals surface area contributed by atoms with Crippen molar-refractivity contribution >= 4 is 17.7 Å². The average molecular weight is 267 g/mol. The smallest absolute Gasteiger partial charge is 0.253 e. The molecular formula is C13H21N3O3. The van der Waals surface area contributed by atoms with Crippen molar-refractivity contribution < 1.29 is 14.4 Å². The van der Waals surface area contributed by atoms with Crippen LogP contribution in [0, 0.1) is 0 Å². The molecule has 0 radical (unpaired) electrons. The Morgan fingerprint density at radius 2 is 1.79 bits per heavy atom. The van der Waals surface area contributed by atoms with E-state index in [0.29, 0.717) is 13.0 Å². The molecule has 106 valence electrons. The molecule has 3 amide bonds. The number of unbranched alkanes of at least 4 members (excludes halogenated alkanes) is 2. The highest BCUT2D eigenvalue weighted by Gasteiger charge is 2.22. The Balaban J connectivity index is 2.04. The molecule has 2 N–H and O–H groups in total. The summed E-state index contributed by atoms with van der Waals surface area (Å²) in [5, 5.41) is 5.77. The van der Waals surface area contributed by atoms with E-state index in [9.17, 15) is 14.4 Å². The number of nitrogens with one attached hydrogen (secondary N) is 2. The fourth-order valence-corrected chi connectivity index (χ4v) is 1.81. The van der Waals surface area contributed by atoms with Crippen LogP contribution in [-0.2, 0) is 14.4 Å². The van der Waals surface area contributed by atoms with Crippen molar-refractivity contribution in [3.63, 3.8) is 0 Å². The van der Waals surface area contributed by atoms with Gasteiger partial charge in [0.1, 0.15) is 0 Å². The second-order valence-corrected chi connectivity index (χ2v) is 4.43. The second kappa shape index (κ2) is 8.42. The lowest BCUT2D eigenvalue weighted by atomic mass is 10.2. The van der Waals surface area contributed by atoms with Crippen molar-refractivity contribution in [2.75, 3.05) is 26.7 Å². The fraction of sp³-hybridized carbons (Fsp3) is 0.615. The van der Waals surface area contributed by atoms with Gasteiger partial charge in [0, 0.05) is 31.7 Å². The Morgan fingerprint density at radius 1 is 1.11 bits per heavy atom. The topological polar surface area (TPSA) is 78.5 Å². The second-order valence-electron chi connectivity index (χ2n) is 4.43. The van der Waals surface area contributed by atoms with Crippen LogP contribution < -0.4 is 10.6 Å². The molecule has 6 heteroatoms. The quantitative estimate of drug-likeness (QED) is 0.448. The number of rotatable bonds is 9. The van der Waals surface area contributed by atoms with Gasteiger partial charge in [0.05, 0.1) is 0 Å². The minimum atomic E-state index is -0.314. The summed E-state index contributed by atoms with van der Waals surface area (Å²) in [6.45, 7) is 1.51. The van der Waals surface area contributed by atoms with Gasteiger partial charge in [-0.05, 0) is 26.4 Å². The van der Waals surface area contributed by atoms with Crippen LogP contribution in [0.2, 0.25) is 0 Å². The average Bonchev–Trinajstić information content (AvgIpc) is 2.70. The van der Waals surface area contributed by atoms with E-state index in [0.717, 1.165) is 30.7 Å². The first kappa shape index (κ1) is 15.4. The molecule has 0 atom stereocenters. The zero-order valence-corrected chi connectivity index (χ0v) is 11.3. The molecule has 0 saturated heterocycles. The summed E-state index contributed by atoms with van der Waals surface area (Å²) >= 11 is 0. The number of hydrogen-bond donors (Lipinski definition) is 2. The summed E-state index contributed by atoms with van der Waals surface area (Å²) in [5.41, 5.74) is 0. The van der Waals surface area contributed by atoms with Crippen molar-refractivity contribution in [3.8, 4) is 0 Å². The SMILES string of the molecule is CNCCCCCC(=O)NCCN1C(=O)C=CC1=O. The van der Waals surface area contributed by atoms with Gasteiger partial charge in [-0.25, -0.2) is 0 Å². The number of carbonyl (C=O) groups is 3. The zero-order valence-electron chi connectivity index (χ0n) is 11.3. The molecule has 1 aliphatic rings.